The molecule has 0 unspecified atom stereocenters. The van der Waals surface area contributed by atoms with Crippen molar-refractivity contribution in [2.75, 3.05) is 13.9 Å². The zero-order chi connectivity index (χ0) is 16.6. The van der Waals surface area contributed by atoms with Crippen LogP contribution in [0.1, 0.15) is 20.7 Å². The average Bonchev–Trinajstić information content (AvgIpc) is 3.00. The van der Waals surface area contributed by atoms with E-state index in [2.05, 4.69) is 0 Å². The number of ketones is 2. The zero-order valence-electron chi connectivity index (χ0n) is 12.0. The van der Waals surface area contributed by atoms with Gasteiger partial charge in [-0.05, 0) is 12.1 Å². The Morgan fingerprint density at radius 3 is 2.52 bits per heavy atom. The van der Waals surface area contributed by atoms with Gasteiger partial charge in [-0.15, -0.1) is 0 Å². The van der Waals surface area contributed by atoms with Gasteiger partial charge in [0.05, 0.1) is 12.7 Å². The molecule has 1 aliphatic rings. The SMILES string of the molecule is COc1c2c(cc(O)c1C(=O)C(=O)c1ccccc1O)OCO2. The highest BCUT2D eigenvalue weighted by atomic mass is 16.7. The summed E-state index contributed by atoms with van der Waals surface area (Å²) in [5.41, 5.74) is -0.512. The smallest absolute Gasteiger partial charge is 0.241 e. The first kappa shape index (κ1) is 14.7. The number of rotatable bonds is 4. The van der Waals surface area contributed by atoms with Gasteiger partial charge in [-0.25, -0.2) is 0 Å². The summed E-state index contributed by atoms with van der Waals surface area (Å²) in [6, 6.07) is 6.81. The molecule has 0 aromatic heterocycles. The van der Waals surface area contributed by atoms with Crippen molar-refractivity contribution in [3.05, 3.63) is 41.5 Å². The predicted octanol–water partition coefficient (Wildman–Crippen LogP) is 1.90. The van der Waals surface area contributed by atoms with Crippen LogP contribution in [0.3, 0.4) is 0 Å². The fraction of sp³-hybridized carbons (Fsp3) is 0.125. The lowest BCUT2D eigenvalue weighted by atomic mass is 9.98. The minimum atomic E-state index is -1.03. The summed E-state index contributed by atoms with van der Waals surface area (Å²) in [5, 5.41) is 19.8. The van der Waals surface area contributed by atoms with Gasteiger partial charge in [0.1, 0.15) is 17.1 Å². The van der Waals surface area contributed by atoms with E-state index in [9.17, 15) is 19.8 Å². The van der Waals surface area contributed by atoms with Crippen molar-refractivity contribution >= 4 is 11.6 Å². The molecular formula is C16H12O7. The number of hydrogen-bond donors (Lipinski definition) is 2. The summed E-state index contributed by atoms with van der Waals surface area (Å²) >= 11 is 0. The molecule has 0 fully saturated rings. The Labute approximate surface area is 130 Å². The minimum Gasteiger partial charge on any atom is -0.507 e. The maximum Gasteiger partial charge on any atom is 0.241 e. The molecule has 0 saturated carbocycles. The van der Waals surface area contributed by atoms with Gasteiger partial charge in [-0.2, -0.15) is 0 Å². The monoisotopic (exact) mass is 316 g/mol. The Morgan fingerprint density at radius 2 is 1.83 bits per heavy atom. The molecule has 7 nitrogen and oxygen atoms in total. The minimum absolute atomic E-state index is 0.0871. The summed E-state index contributed by atoms with van der Waals surface area (Å²) in [6.07, 6.45) is 0. The summed E-state index contributed by atoms with van der Waals surface area (Å²) in [7, 11) is 1.28. The van der Waals surface area contributed by atoms with Crippen LogP contribution >= 0.6 is 0 Å². The summed E-state index contributed by atoms with van der Waals surface area (Å²) < 4.78 is 15.4. The van der Waals surface area contributed by atoms with Crippen molar-refractivity contribution in [2.45, 2.75) is 0 Å². The van der Waals surface area contributed by atoms with E-state index in [1.807, 2.05) is 0 Å². The molecule has 118 valence electrons. The number of phenols is 2. The summed E-state index contributed by atoms with van der Waals surface area (Å²) in [6.45, 7) is -0.0871. The molecule has 23 heavy (non-hydrogen) atoms. The van der Waals surface area contributed by atoms with Crippen molar-refractivity contribution in [2.24, 2.45) is 0 Å². The molecule has 7 heteroatoms. The van der Waals surface area contributed by atoms with Crippen molar-refractivity contribution in [3.8, 4) is 28.7 Å². The molecule has 3 rings (SSSR count). The molecule has 1 aliphatic heterocycles. The van der Waals surface area contributed by atoms with E-state index in [1.54, 1.807) is 0 Å². The van der Waals surface area contributed by atoms with Crippen LogP contribution in [0.4, 0.5) is 0 Å². The van der Waals surface area contributed by atoms with Crippen LogP contribution in [0.5, 0.6) is 28.7 Å². The summed E-state index contributed by atoms with van der Waals surface area (Å²) in [4.78, 5) is 24.8. The van der Waals surface area contributed by atoms with Gasteiger partial charge in [0.15, 0.2) is 11.5 Å². The van der Waals surface area contributed by atoms with Gasteiger partial charge in [0.2, 0.25) is 24.1 Å². The highest BCUT2D eigenvalue weighted by Crippen LogP contribution is 2.47. The van der Waals surface area contributed by atoms with Crippen LogP contribution in [0.25, 0.3) is 0 Å². The van der Waals surface area contributed by atoms with Gasteiger partial charge in [0.25, 0.3) is 0 Å². The Hall–Kier alpha value is -3.22. The van der Waals surface area contributed by atoms with Gasteiger partial charge < -0.3 is 24.4 Å². The van der Waals surface area contributed by atoms with Crippen molar-refractivity contribution < 1.29 is 34.0 Å². The van der Waals surface area contributed by atoms with Crippen LogP contribution in [0, 0.1) is 0 Å². The Balaban J connectivity index is 2.10. The van der Waals surface area contributed by atoms with E-state index in [4.69, 9.17) is 14.2 Å². The molecule has 2 aromatic carbocycles. The number of hydrogen-bond acceptors (Lipinski definition) is 7. The third-order valence-electron chi connectivity index (χ3n) is 3.38. The molecule has 2 N–H and O–H groups in total. The second-order valence-corrected chi connectivity index (χ2v) is 4.71. The highest BCUT2D eigenvalue weighted by molar-refractivity contribution is 6.50. The van der Waals surface area contributed by atoms with E-state index >= 15 is 0 Å². The Kier molecular flexibility index (Phi) is 3.53. The van der Waals surface area contributed by atoms with E-state index in [1.165, 1.54) is 37.4 Å². The topological polar surface area (TPSA) is 102 Å². The Bertz CT molecular complexity index is 810. The fourth-order valence-corrected chi connectivity index (χ4v) is 2.32. The number of methoxy groups -OCH3 is 1. The molecule has 0 aliphatic carbocycles. The lowest BCUT2D eigenvalue weighted by Gasteiger charge is -2.12. The normalized spacial score (nSPS) is 12.0. The van der Waals surface area contributed by atoms with Crippen molar-refractivity contribution in [1.82, 2.24) is 0 Å². The molecule has 0 atom stereocenters. The number of Topliss-reactive ketones (excluding diaryl/α,β-unsaturated/α-hetero) is 2. The average molecular weight is 316 g/mol. The highest BCUT2D eigenvalue weighted by Gasteiger charge is 2.32. The van der Waals surface area contributed by atoms with Gasteiger partial charge >= 0.3 is 0 Å². The number of benzene rings is 2. The van der Waals surface area contributed by atoms with E-state index in [-0.39, 0.29) is 40.9 Å². The molecule has 0 bridgehead atoms. The third-order valence-corrected chi connectivity index (χ3v) is 3.38. The molecule has 1 heterocycles. The van der Waals surface area contributed by atoms with Gasteiger partial charge in [-0.1, -0.05) is 12.1 Å². The standard InChI is InChI=1S/C16H12O7/c1-21-16-12(10(18)6-11-15(16)23-7-22-11)14(20)13(19)8-4-2-3-5-9(8)17/h2-6,17-18H,7H2,1H3. The van der Waals surface area contributed by atoms with Gasteiger partial charge in [0, 0.05) is 6.07 Å². The zero-order valence-corrected chi connectivity index (χ0v) is 12.0. The fourth-order valence-electron chi connectivity index (χ4n) is 2.32. The first-order valence-corrected chi connectivity index (χ1v) is 6.61. The van der Waals surface area contributed by atoms with Crippen LogP contribution < -0.4 is 14.2 Å². The largest absolute Gasteiger partial charge is 0.507 e. The maximum atomic E-state index is 12.5. The van der Waals surface area contributed by atoms with Crippen LogP contribution in [-0.4, -0.2) is 35.7 Å². The molecule has 2 aromatic rings. The van der Waals surface area contributed by atoms with Crippen molar-refractivity contribution in [1.29, 1.82) is 0 Å². The molecule has 0 amide bonds. The first-order valence-electron chi connectivity index (χ1n) is 6.61. The number of fused-ring (bicyclic) bond motifs is 1. The molecule has 0 saturated heterocycles. The second kappa shape index (κ2) is 5.53. The van der Waals surface area contributed by atoms with Crippen LogP contribution in [-0.2, 0) is 0 Å². The number of phenolic OH excluding ortho intramolecular Hbond substituents is 2. The van der Waals surface area contributed by atoms with Gasteiger partial charge in [-0.3, -0.25) is 9.59 Å². The number of aromatic hydroxyl groups is 2. The lowest BCUT2D eigenvalue weighted by molar-refractivity contribution is 0.0811. The van der Waals surface area contributed by atoms with Crippen molar-refractivity contribution in [3.63, 3.8) is 0 Å². The summed E-state index contributed by atoms with van der Waals surface area (Å²) in [5.74, 6) is -2.55. The molecule has 0 radical (unpaired) electrons. The third kappa shape index (κ3) is 2.32. The molecule has 0 spiro atoms. The number of carbonyl (C=O) groups excluding carboxylic acids is 2. The first-order chi connectivity index (χ1) is 11.0. The van der Waals surface area contributed by atoms with E-state index in [0.29, 0.717) is 0 Å². The van der Waals surface area contributed by atoms with E-state index < -0.39 is 17.3 Å². The number of para-hydroxylation sites is 1. The quantitative estimate of drug-likeness (QED) is 0.656. The Morgan fingerprint density at radius 1 is 1.09 bits per heavy atom. The van der Waals surface area contributed by atoms with E-state index in [0.717, 1.165) is 0 Å². The number of carbonyl (C=O) groups is 2. The lowest BCUT2D eigenvalue weighted by Crippen LogP contribution is -2.16. The second-order valence-electron chi connectivity index (χ2n) is 4.71. The van der Waals surface area contributed by atoms with Crippen LogP contribution in [0.2, 0.25) is 0 Å². The molecular weight excluding hydrogens is 304 g/mol. The maximum absolute atomic E-state index is 12.5. The van der Waals surface area contributed by atoms with Crippen LogP contribution in [0.15, 0.2) is 30.3 Å². The predicted molar refractivity (Wildman–Crippen MR) is 77.5 cm³/mol. The number of ether oxygens (including phenoxy) is 3.